The number of rotatable bonds is 15. The van der Waals surface area contributed by atoms with Crippen LogP contribution in [-0.2, 0) is 4.79 Å². The van der Waals surface area contributed by atoms with Gasteiger partial charge in [-0.15, -0.1) is 0 Å². The van der Waals surface area contributed by atoms with Crippen LogP contribution in [0.25, 0.3) is 0 Å². The second-order valence-corrected chi connectivity index (χ2v) is 7.72. The smallest absolute Gasteiger partial charge is 0.288 e. The molecule has 0 spiro atoms. The maximum atomic E-state index is 12.0. The van der Waals surface area contributed by atoms with Crippen molar-refractivity contribution >= 4 is 5.91 Å². The Morgan fingerprint density at radius 2 is 1.28 bits per heavy atom. The van der Waals surface area contributed by atoms with E-state index in [1.165, 1.54) is 64.2 Å². The number of hydrogen-bond acceptors (Lipinski definition) is 1. The maximum absolute atomic E-state index is 12.0. The molecule has 0 fully saturated rings. The molecule has 0 bridgehead atoms. The summed E-state index contributed by atoms with van der Waals surface area (Å²) < 4.78 is 0.663. The second-order valence-electron chi connectivity index (χ2n) is 7.72. The molecule has 0 radical (unpaired) electrons. The van der Waals surface area contributed by atoms with Crippen molar-refractivity contribution in [2.75, 3.05) is 20.1 Å². The zero-order valence-corrected chi connectivity index (χ0v) is 18.3. The molecule has 0 aromatic carbocycles. The highest BCUT2D eigenvalue weighted by Crippen LogP contribution is 2.12. The average Bonchev–Trinajstić information content (AvgIpc) is 2.48. The van der Waals surface area contributed by atoms with Crippen LogP contribution in [0, 0.1) is 0 Å². The van der Waals surface area contributed by atoms with E-state index in [-0.39, 0.29) is 18.3 Å². The van der Waals surface area contributed by atoms with Gasteiger partial charge in [0, 0.05) is 6.08 Å². The third-order valence-electron chi connectivity index (χ3n) is 4.52. The first-order valence-electron chi connectivity index (χ1n) is 10.2. The zero-order chi connectivity index (χ0) is 18.3. The van der Waals surface area contributed by atoms with Gasteiger partial charge in [0.1, 0.15) is 13.1 Å². The van der Waals surface area contributed by atoms with Crippen molar-refractivity contribution in [3.8, 4) is 0 Å². The first kappa shape index (κ1) is 26.7. The van der Waals surface area contributed by atoms with Crippen molar-refractivity contribution in [1.82, 2.24) is 5.43 Å². The maximum Gasteiger partial charge on any atom is 0.288 e. The number of quaternary nitrogens is 1. The first-order chi connectivity index (χ1) is 11.4. The third kappa shape index (κ3) is 16.7. The standard InChI is InChI=1S/C21H42N2O.ClH/c1-6-8-9-10-11-12-13-14-15-16-18-23(5,17-7-2)22-21(24)19-20(3)4;/h19H,6-18H2,1-5H3;1H. The SMILES string of the molecule is CCCCCCCCCCCC[N+](C)(CCC)NC(=O)C=C(C)C.[Cl-]. The fraction of sp³-hybridized carbons (Fsp3) is 0.857. The van der Waals surface area contributed by atoms with Crippen LogP contribution in [0.5, 0.6) is 0 Å². The van der Waals surface area contributed by atoms with Gasteiger partial charge in [-0.25, -0.2) is 4.59 Å². The Labute approximate surface area is 163 Å². The summed E-state index contributed by atoms with van der Waals surface area (Å²) in [4.78, 5) is 12.0. The van der Waals surface area contributed by atoms with Gasteiger partial charge < -0.3 is 12.4 Å². The summed E-state index contributed by atoms with van der Waals surface area (Å²) in [6.07, 6.45) is 16.3. The summed E-state index contributed by atoms with van der Waals surface area (Å²) in [7, 11) is 2.15. The summed E-state index contributed by atoms with van der Waals surface area (Å²) in [6.45, 7) is 10.4. The average molecular weight is 375 g/mol. The van der Waals surface area contributed by atoms with Gasteiger partial charge in [-0.3, -0.25) is 4.79 Å². The van der Waals surface area contributed by atoms with E-state index < -0.39 is 0 Å². The molecule has 25 heavy (non-hydrogen) atoms. The number of nitrogens with zero attached hydrogens (tertiary/aromatic N) is 1. The van der Waals surface area contributed by atoms with Crippen LogP contribution in [0.4, 0.5) is 0 Å². The van der Waals surface area contributed by atoms with Crippen LogP contribution in [0.15, 0.2) is 11.6 Å². The van der Waals surface area contributed by atoms with Gasteiger partial charge in [-0.1, -0.05) is 70.8 Å². The number of unbranched alkanes of at least 4 members (excludes halogenated alkanes) is 9. The lowest BCUT2D eigenvalue weighted by molar-refractivity contribution is -0.943. The van der Waals surface area contributed by atoms with Gasteiger partial charge in [0.2, 0.25) is 0 Å². The third-order valence-corrected chi connectivity index (χ3v) is 4.52. The number of halogens is 1. The Bertz CT molecular complexity index is 354. The molecule has 0 aliphatic carbocycles. The zero-order valence-electron chi connectivity index (χ0n) is 17.5. The van der Waals surface area contributed by atoms with Gasteiger partial charge in [-0.2, -0.15) is 5.43 Å². The molecule has 1 N–H and O–H groups in total. The summed E-state index contributed by atoms with van der Waals surface area (Å²) in [5, 5.41) is 0. The Morgan fingerprint density at radius 1 is 0.800 bits per heavy atom. The van der Waals surface area contributed by atoms with Crippen LogP contribution in [0.1, 0.15) is 98.3 Å². The highest BCUT2D eigenvalue weighted by atomic mass is 35.5. The quantitative estimate of drug-likeness (QED) is 0.203. The Hall–Kier alpha value is -0.540. The second kappa shape index (κ2) is 16.9. The van der Waals surface area contributed by atoms with E-state index in [4.69, 9.17) is 0 Å². The lowest BCUT2D eigenvalue weighted by Gasteiger charge is -2.33. The number of nitrogens with one attached hydrogen (secondary N) is 1. The van der Waals surface area contributed by atoms with Gasteiger partial charge in [-0.05, 0) is 33.1 Å². The molecule has 150 valence electrons. The molecule has 0 aliphatic heterocycles. The Morgan fingerprint density at radius 3 is 1.72 bits per heavy atom. The van der Waals surface area contributed by atoms with Crippen LogP contribution in [-0.4, -0.2) is 30.6 Å². The number of allylic oxidation sites excluding steroid dienone is 1. The monoisotopic (exact) mass is 374 g/mol. The summed E-state index contributed by atoms with van der Waals surface area (Å²) in [5.41, 5.74) is 4.23. The number of carbonyl (C=O) groups excluding carboxylic acids is 1. The minimum atomic E-state index is 0. The molecular formula is C21H43ClN2O. The Balaban J connectivity index is 0. The lowest BCUT2D eigenvalue weighted by atomic mass is 10.1. The molecule has 0 rings (SSSR count). The molecule has 1 amide bonds. The van der Waals surface area contributed by atoms with E-state index in [1.807, 2.05) is 13.8 Å². The molecule has 1 atom stereocenters. The molecule has 4 heteroatoms. The molecule has 0 heterocycles. The van der Waals surface area contributed by atoms with Crippen LogP contribution < -0.4 is 17.8 Å². The van der Waals surface area contributed by atoms with E-state index in [1.54, 1.807) is 6.08 Å². The number of carbonyl (C=O) groups is 1. The van der Waals surface area contributed by atoms with Gasteiger partial charge in [0.05, 0.1) is 7.05 Å². The van der Waals surface area contributed by atoms with E-state index in [0.29, 0.717) is 4.59 Å². The lowest BCUT2D eigenvalue weighted by Crippen LogP contribution is -3.00. The van der Waals surface area contributed by atoms with Crippen molar-refractivity contribution < 1.29 is 21.8 Å². The number of hydrogen-bond donors (Lipinski definition) is 1. The molecule has 0 aliphatic rings. The molecule has 1 unspecified atom stereocenters. The van der Waals surface area contributed by atoms with E-state index in [9.17, 15) is 4.79 Å². The van der Waals surface area contributed by atoms with Gasteiger partial charge >= 0.3 is 0 Å². The predicted molar refractivity (Wildman–Crippen MR) is 106 cm³/mol. The fourth-order valence-corrected chi connectivity index (χ4v) is 3.23. The first-order valence-corrected chi connectivity index (χ1v) is 10.2. The normalized spacial score (nSPS) is 12.8. The number of amides is 1. The van der Waals surface area contributed by atoms with Crippen molar-refractivity contribution in [3.05, 3.63) is 11.6 Å². The highest BCUT2D eigenvalue weighted by molar-refractivity contribution is 5.87. The fourth-order valence-electron chi connectivity index (χ4n) is 3.23. The van der Waals surface area contributed by atoms with Crippen molar-refractivity contribution in [3.63, 3.8) is 0 Å². The Kier molecular flexibility index (Phi) is 18.0. The predicted octanol–water partition coefficient (Wildman–Crippen LogP) is 2.77. The summed E-state index contributed by atoms with van der Waals surface area (Å²) in [5.74, 6) is 0.0398. The molecule has 0 saturated carbocycles. The largest absolute Gasteiger partial charge is 1.00 e. The molecular weight excluding hydrogens is 332 g/mol. The van der Waals surface area contributed by atoms with E-state index >= 15 is 0 Å². The highest BCUT2D eigenvalue weighted by Gasteiger charge is 2.22. The van der Waals surface area contributed by atoms with Gasteiger partial charge in [0.15, 0.2) is 0 Å². The minimum Gasteiger partial charge on any atom is -1.00 e. The van der Waals surface area contributed by atoms with Gasteiger partial charge in [0.25, 0.3) is 5.91 Å². The van der Waals surface area contributed by atoms with Crippen LogP contribution in [0.3, 0.4) is 0 Å². The molecule has 3 nitrogen and oxygen atoms in total. The van der Waals surface area contributed by atoms with E-state index in [0.717, 1.165) is 25.1 Å². The van der Waals surface area contributed by atoms with Crippen molar-refractivity contribution in [1.29, 1.82) is 0 Å². The van der Waals surface area contributed by atoms with Crippen molar-refractivity contribution in [2.45, 2.75) is 98.3 Å². The molecule has 0 aromatic rings. The minimum absolute atomic E-state index is 0. The van der Waals surface area contributed by atoms with Crippen LogP contribution >= 0.6 is 0 Å². The topological polar surface area (TPSA) is 29.1 Å². The molecule has 0 saturated heterocycles. The summed E-state index contributed by atoms with van der Waals surface area (Å²) >= 11 is 0. The molecule has 0 aromatic heterocycles. The van der Waals surface area contributed by atoms with Crippen LogP contribution in [0.2, 0.25) is 0 Å². The summed E-state index contributed by atoms with van der Waals surface area (Å²) in [6, 6.07) is 0. The van der Waals surface area contributed by atoms with E-state index in [2.05, 4.69) is 26.3 Å². The van der Waals surface area contributed by atoms with Crippen molar-refractivity contribution in [2.24, 2.45) is 0 Å².